The minimum atomic E-state index is -5.86. The van der Waals surface area contributed by atoms with E-state index >= 15 is 8.78 Å². The number of ether oxygens (including phenoxy) is 1. The molecule has 1 aromatic rings. The number of hydrogen-bond acceptors (Lipinski definition) is 10. The van der Waals surface area contributed by atoms with Gasteiger partial charge in [0.2, 0.25) is 0 Å². The van der Waals surface area contributed by atoms with E-state index in [4.69, 9.17) is 43.9 Å². The first-order valence-corrected chi connectivity index (χ1v) is 13.0. The zero-order chi connectivity index (χ0) is 24.0. The SMILES string of the molecule is C[C@@]1(F)C(O)[C@@](F)(COP(=O)(O)OP(=O)(O)OP(=O)(O)O)O[C@H]1n1ccc(=S)[nH]c1=S. The molecule has 21 heteroatoms. The molecule has 2 heterocycles. The average Bonchev–Trinajstić information content (AvgIpc) is 2.71. The number of nitrogens with zero attached hydrogens (tertiary/aromatic N) is 1. The molecule has 14 nitrogen and oxygen atoms in total. The van der Waals surface area contributed by atoms with Crippen molar-refractivity contribution in [2.75, 3.05) is 6.61 Å². The van der Waals surface area contributed by atoms with Gasteiger partial charge in [-0.2, -0.15) is 8.62 Å². The van der Waals surface area contributed by atoms with E-state index in [2.05, 4.69) is 18.1 Å². The third-order valence-corrected chi connectivity index (χ3v) is 8.01. The molecule has 6 N–H and O–H groups in total. The van der Waals surface area contributed by atoms with Crippen LogP contribution in [0.2, 0.25) is 0 Å². The Balaban J connectivity index is 2.22. The Kier molecular flexibility index (Phi) is 7.67. The first kappa shape index (κ1) is 27.0. The Bertz CT molecular complexity index is 1110. The maximum Gasteiger partial charge on any atom is 0.490 e. The molecule has 1 aromatic heterocycles. The quantitative estimate of drug-likeness (QED) is 0.202. The molecule has 1 aliphatic heterocycles. The minimum absolute atomic E-state index is 0.152. The predicted molar refractivity (Wildman–Crippen MR) is 99.7 cm³/mol. The Morgan fingerprint density at radius 1 is 1.19 bits per heavy atom. The molecule has 0 amide bonds. The molecule has 0 spiro atoms. The molecule has 178 valence electrons. The summed E-state index contributed by atoms with van der Waals surface area (Å²) in [5.41, 5.74) is -2.89. The molecule has 3 unspecified atom stereocenters. The summed E-state index contributed by atoms with van der Waals surface area (Å²) >= 11 is 9.77. The van der Waals surface area contributed by atoms with E-state index < -0.39 is 53.9 Å². The lowest BCUT2D eigenvalue weighted by atomic mass is 9.97. The fraction of sp³-hybridized carbons (Fsp3) is 0.600. The monoisotopic (exact) mass is 550 g/mol. The summed E-state index contributed by atoms with van der Waals surface area (Å²) in [7, 11) is -17.3. The highest BCUT2D eigenvalue weighted by molar-refractivity contribution is 7.72. The molecule has 6 atom stereocenters. The van der Waals surface area contributed by atoms with Gasteiger partial charge in [-0.05, 0) is 25.2 Å². The lowest BCUT2D eigenvalue weighted by Crippen LogP contribution is -2.46. The van der Waals surface area contributed by atoms with Gasteiger partial charge in [0.05, 0.1) is 0 Å². The molecule has 0 bridgehead atoms. The molecule has 0 saturated carbocycles. The molecule has 0 aliphatic carbocycles. The zero-order valence-electron chi connectivity index (χ0n) is 15.0. The molecule has 0 radical (unpaired) electrons. The van der Waals surface area contributed by atoms with Crippen LogP contribution in [0.1, 0.15) is 13.2 Å². The van der Waals surface area contributed by atoms with Crippen LogP contribution >= 0.6 is 47.9 Å². The van der Waals surface area contributed by atoms with Crippen LogP contribution in [0.3, 0.4) is 0 Å². The van der Waals surface area contributed by atoms with Gasteiger partial charge in [0, 0.05) is 6.20 Å². The number of rotatable bonds is 8. The molecule has 1 fully saturated rings. The predicted octanol–water partition coefficient (Wildman–Crippen LogP) is 1.90. The molecular formula is C10H15F2N2O12P3S2. The van der Waals surface area contributed by atoms with Crippen molar-refractivity contribution in [3.63, 3.8) is 0 Å². The lowest BCUT2D eigenvalue weighted by Gasteiger charge is -2.26. The summed E-state index contributed by atoms with van der Waals surface area (Å²) in [6.07, 6.45) is -3.43. The van der Waals surface area contributed by atoms with Crippen molar-refractivity contribution in [1.29, 1.82) is 0 Å². The number of aromatic nitrogens is 2. The van der Waals surface area contributed by atoms with E-state index in [1.165, 1.54) is 6.07 Å². The second-order valence-electron chi connectivity index (χ2n) is 6.19. The van der Waals surface area contributed by atoms with Gasteiger partial charge >= 0.3 is 23.5 Å². The topological polar surface area (TPSA) is 210 Å². The van der Waals surface area contributed by atoms with Crippen molar-refractivity contribution in [3.8, 4) is 0 Å². The van der Waals surface area contributed by atoms with E-state index in [0.29, 0.717) is 0 Å². The second kappa shape index (κ2) is 8.81. The maximum atomic E-state index is 15.1. The molecular weight excluding hydrogens is 535 g/mol. The van der Waals surface area contributed by atoms with Crippen LogP contribution in [0, 0.1) is 9.41 Å². The highest BCUT2D eigenvalue weighted by Gasteiger charge is 2.65. The van der Waals surface area contributed by atoms with Crippen molar-refractivity contribution in [2.45, 2.75) is 30.8 Å². The molecule has 31 heavy (non-hydrogen) atoms. The van der Waals surface area contributed by atoms with Crippen LogP contribution in [-0.4, -0.2) is 58.5 Å². The fourth-order valence-electron chi connectivity index (χ4n) is 2.45. The first-order chi connectivity index (χ1) is 13.8. The number of phosphoric ester groups is 1. The zero-order valence-corrected chi connectivity index (χ0v) is 19.3. The standard InChI is InChI=1S/C10H15F2N2O12P3S2/c1-9(11)6(15)10(12,24-7(9)14-3-2-5(30)13-8(14)31)4-23-28(19,20)26-29(21,22)25-27(16,17)18/h2-3,6-7,15H,4H2,1H3,(H,19,20)(H,21,22)(H,13,30,31)(H2,16,17,18)/t6?,7-,9-,10-/m1/s1. The second-order valence-corrected chi connectivity index (χ2v) is 11.4. The van der Waals surface area contributed by atoms with Crippen molar-refractivity contribution in [3.05, 3.63) is 21.7 Å². The summed E-state index contributed by atoms with van der Waals surface area (Å²) in [4.78, 5) is 37.8. The Hall–Kier alpha value is -0.290. The fourth-order valence-corrected chi connectivity index (χ4v) is 5.97. The van der Waals surface area contributed by atoms with Crippen LogP contribution in [0.25, 0.3) is 0 Å². The number of H-pyrrole nitrogens is 1. The Labute approximate surface area is 181 Å². The van der Waals surface area contributed by atoms with E-state index in [9.17, 15) is 23.7 Å². The number of aliphatic hydroxyl groups excluding tert-OH is 1. The van der Waals surface area contributed by atoms with Crippen molar-refractivity contribution in [2.24, 2.45) is 0 Å². The van der Waals surface area contributed by atoms with Gasteiger partial charge < -0.3 is 34.4 Å². The summed E-state index contributed by atoms with van der Waals surface area (Å²) < 4.78 is 80.4. The van der Waals surface area contributed by atoms with Gasteiger partial charge in [-0.1, -0.05) is 12.2 Å². The van der Waals surface area contributed by atoms with Gasteiger partial charge in [0.25, 0.3) is 5.85 Å². The van der Waals surface area contributed by atoms with Crippen molar-refractivity contribution in [1.82, 2.24) is 9.55 Å². The normalized spacial score (nSPS) is 33.0. The van der Waals surface area contributed by atoms with Crippen LogP contribution in [0.15, 0.2) is 12.3 Å². The lowest BCUT2D eigenvalue weighted by molar-refractivity contribution is -0.204. The number of aromatic amines is 1. The number of alkyl halides is 2. The summed E-state index contributed by atoms with van der Waals surface area (Å²) in [5, 5.41) is 10.1. The minimum Gasteiger partial charge on any atom is -0.384 e. The summed E-state index contributed by atoms with van der Waals surface area (Å²) in [6, 6.07) is 1.25. The average molecular weight is 550 g/mol. The Morgan fingerprint density at radius 3 is 2.29 bits per heavy atom. The van der Waals surface area contributed by atoms with Gasteiger partial charge in [-0.3, -0.25) is 9.09 Å². The van der Waals surface area contributed by atoms with E-state index in [1.54, 1.807) is 0 Å². The molecule has 2 rings (SSSR count). The number of halogens is 2. The van der Waals surface area contributed by atoms with Crippen molar-refractivity contribution < 1.29 is 65.0 Å². The highest BCUT2D eigenvalue weighted by atomic mass is 32.1. The number of phosphoric acid groups is 3. The van der Waals surface area contributed by atoms with Gasteiger partial charge in [-0.15, -0.1) is 0 Å². The van der Waals surface area contributed by atoms with Crippen LogP contribution in [0.5, 0.6) is 0 Å². The van der Waals surface area contributed by atoms with E-state index in [0.717, 1.165) is 17.7 Å². The van der Waals surface area contributed by atoms with E-state index in [-0.39, 0.29) is 9.41 Å². The molecule has 1 aliphatic rings. The summed E-state index contributed by atoms with van der Waals surface area (Å²) in [5.74, 6) is -3.51. The third-order valence-electron chi connectivity index (χ3n) is 3.68. The molecule has 0 aromatic carbocycles. The first-order valence-electron chi connectivity index (χ1n) is 7.62. The maximum absolute atomic E-state index is 15.1. The van der Waals surface area contributed by atoms with E-state index in [1.807, 2.05) is 0 Å². The smallest absolute Gasteiger partial charge is 0.384 e. The third kappa shape index (κ3) is 6.62. The molecule has 1 saturated heterocycles. The number of hydrogen-bond donors (Lipinski definition) is 6. The van der Waals surface area contributed by atoms with Gasteiger partial charge in [-0.25, -0.2) is 22.5 Å². The van der Waals surface area contributed by atoms with Crippen LogP contribution in [0.4, 0.5) is 8.78 Å². The largest absolute Gasteiger partial charge is 0.490 e. The van der Waals surface area contributed by atoms with Crippen LogP contribution < -0.4 is 0 Å². The highest BCUT2D eigenvalue weighted by Crippen LogP contribution is 2.66. The van der Waals surface area contributed by atoms with Gasteiger partial charge in [0.1, 0.15) is 11.2 Å². The summed E-state index contributed by atoms with van der Waals surface area (Å²) in [6.45, 7) is -0.998. The number of aliphatic hydroxyl groups is 1. The van der Waals surface area contributed by atoms with Crippen molar-refractivity contribution >= 4 is 47.9 Å². The van der Waals surface area contributed by atoms with Gasteiger partial charge in [0.15, 0.2) is 22.8 Å². The van der Waals surface area contributed by atoms with Crippen LogP contribution in [-0.2, 0) is 31.6 Å². The number of nitrogens with one attached hydrogen (secondary N) is 1. The Morgan fingerprint density at radius 2 is 1.77 bits per heavy atom.